The smallest absolute Gasteiger partial charge is 0.415 e. The number of para-hydroxylation sites is 1. The average molecular weight is 410 g/mol. The zero-order chi connectivity index (χ0) is 20.6. The molecule has 0 radical (unpaired) electrons. The maximum absolute atomic E-state index is 13.9. The number of hydrogen-bond donors (Lipinski definition) is 2. The van der Waals surface area contributed by atoms with Crippen LogP contribution in [0.1, 0.15) is 25.7 Å². The van der Waals surface area contributed by atoms with Crippen LogP contribution in [0.15, 0.2) is 48.9 Å². The fraction of sp³-hybridized carbons (Fsp3) is 0.381. The van der Waals surface area contributed by atoms with E-state index in [1.165, 1.54) is 10.7 Å². The summed E-state index contributed by atoms with van der Waals surface area (Å²) in [6, 6.07) is 8.41. The number of rotatable bonds is 5. The molecule has 1 aliphatic carbocycles. The van der Waals surface area contributed by atoms with Gasteiger partial charge in [0.25, 0.3) is 0 Å². The van der Waals surface area contributed by atoms with Crippen LogP contribution >= 0.6 is 0 Å². The molecule has 1 saturated carbocycles. The first-order valence-electron chi connectivity index (χ1n) is 10.2. The largest absolute Gasteiger partial charge is 0.441 e. The average Bonchev–Trinajstić information content (AvgIpc) is 3.49. The standard InChI is InChI=1S/C21H23FN6O2/c22-17-3-1-2-4-18(17)28-10-7-19(26-28)23-11-15-5-8-21(9-6-15)14-27(20(29)30-21)16-12-24-25-13-16/h1-4,7,10,12-13,15H,5-6,8-9,11,14H2,(H,23,26)(H,24,25). The van der Waals surface area contributed by atoms with Gasteiger partial charge in [-0.25, -0.2) is 13.9 Å². The maximum atomic E-state index is 13.9. The highest BCUT2D eigenvalue weighted by Gasteiger charge is 2.47. The molecule has 3 aromatic rings. The maximum Gasteiger partial charge on any atom is 0.415 e. The Balaban J connectivity index is 1.15. The molecule has 0 bridgehead atoms. The molecule has 8 nitrogen and oxygen atoms in total. The second-order valence-corrected chi connectivity index (χ2v) is 8.01. The minimum Gasteiger partial charge on any atom is -0.441 e. The first-order chi connectivity index (χ1) is 14.6. The van der Waals surface area contributed by atoms with E-state index in [0.717, 1.165) is 43.7 Å². The van der Waals surface area contributed by atoms with E-state index < -0.39 is 5.60 Å². The Hall–Kier alpha value is -3.36. The van der Waals surface area contributed by atoms with Crippen molar-refractivity contribution in [3.05, 3.63) is 54.7 Å². The van der Waals surface area contributed by atoms with Gasteiger partial charge in [-0.2, -0.15) is 10.2 Å². The van der Waals surface area contributed by atoms with Gasteiger partial charge in [0.05, 0.1) is 18.4 Å². The lowest BCUT2D eigenvalue weighted by atomic mass is 9.78. The van der Waals surface area contributed by atoms with Gasteiger partial charge in [0, 0.05) is 25.0 Å². The van der Waals surface area contributed by atoms with E-state index in [1.54, 1.807) is 41.7 Å². The fourth-order valence-electron chi connectivity index (χ4n) is 4.32. The second-order valence-electron chi connectivity index (χ2n) is 8.01. The second kappa shape index (κ2) is 7.47. The van der Waals surface area contributed by atoms with Crippen LogP contribution in [0.25, 0.3) is 5.69 Å². The van der Waals surface area contributed by atoms with Crippen molar-refractivity contribution in [1.82, 2.24) is 20.0 Å². The molecule has 0 unspecified atom stereocenters. The molecule has 1 spiro atoms. The Morgan fingerprint density at radius 3 is 2.87 bits per heavy atom. The van der Waals surface area contributed by atoms with Crippen LogP contribution in [0.4, 0.5) is 20.7 Å². The minimum atomic E-state index is -0.405. The number of carbonyl (C=O) groups is 1. The summed E-state index contributed by atoms with van der Waals surface area (Å²) in [4.78, 5) is 13.9. The molecule has 1 saturated heterocycles. The molecule has 5 rings (SSSR count). The third kappa shape index (κ3) is 3.51. The van der Waals surface area contributed by atoms with Gasteiger partial charge in [-0.05, 0) is 43.7 Å². The summed E-state index contributed by atoms with van der Waals surface area (Å²) in [6.45, 7) is 1.35. The minimum absolute atomic E-state index is 0.299. The van der Waals surface area contributed by atoms with Crippen molar-refractivity contribution in [1.29, 1.82) is 0 Å². The Labute approximate surface area is 173 Å². The third-order valence-corrected chi connectivity index (χ3v) is 6.04. The number of hydrogen-bond acceptors (Lipinski definition) is 5. The van der Waals surface area contributed by atoms with Gasteiger partial charge in [0.1, 0.15) is 22.9 Å². The van der Waals surface area contributed by atoms with Crippen molar-refractivity contribution in [3.8, 4) is 5.69 Å². The number of benzene rings is 1. The number of halogens is 1. The summed E-state index contributed by atoms with van der Waals surface area (Å²) >= 11 is 0. The van der Waals surface area contributed by atoms with Gasteiger partial charge in [-0.15, -0.1) is 0 Å². The van der Waals surface area contributed by atoms with Crippen molar-refractivity contribution in [2.24, 2.45) is 5.92 Å². The van der Waals surface area contributed by atoms with Gasteiger partial charge in [-0.1, -0.05) is 12.1 Å². The predicted molar refractivity (Wildman–Crippen MR) is 109 cm³/mol. The van der Waals surface area contributed by atoms with Gasteiger partial charge in [0.15, 0.2) is 0 Å². The zero-order valence-corrected chi connectivity index (χ0v) is 16.4. The molecule has 156 valence electrons. The highest BCUT2D eigenvalue weighted by molar-refractivity contribution is 5.89. The van der Waals surface area contributed by atoms with Gasteiger partial charge < -0.3 is 10.1 Å². The number of carbonyl (C=O) groups excluding carboxylic acids is 1. The van der Waals surface area contributed by atoms with Crippen molar-refractivity contribution in [3.63, 3.8) is 0 Å². The van der Waals surface area contributed by atoms with Crippen LogP contribution in [-0.4, -0.2) is 44.8 Å². The van der Waals surface area contributed by atoms with Crippen molar-refractivity contribution >= 4 is 17.6 Å². The summed E-state index contributed by atoms with van der Waals surface area (Å²) < 4.78 is 21.2. The summed E-state index contributed by atoms with van der Waals surface area (Å²) in [7, 11) is 0. The molecule has 30 heavy (non-hydrogen) atoms. The molecular weight excluding hydrogens is 387 g/mol. The van der Waals surface area contributed by atoms with Gasteiger partial charge in [-0.3, -0.25) is 10.00 Å². The van der Waals surface area contributed by atoms with E-state index in [0.29, 0.717) is 18.2 Å². The van der Waals surface area contributed by atoms with Crippen LogP contribution in [0.5, 0.6) is 0 Å². The highest BCUT2D eigenvalue weighted by Crippen LogP contribution is 2.40. The molecule has 2 aromatic heterocycles. The SMILES string of the molecule is O=C1OC2(CCC(CNc3ccn(-c4ccccc4F)n3)CC2)CN1c1cn[nH]c1. The van der Waals surface area contributed by atoms with Gasteiger partial charge >= 0.3 is 6.09 Å². The molecule has 3 heterocycles. The van der Waals surface area contributed by atoms with Crippen LogP contribution < -0.4 is 10.2 Å². The summed E-state index contributed by atoms with van der Waals surface area (Å²) in [5, 5.41) is 14.4. The molecule has 2 N–H and O–H groups in total. The number of aromatic nitrogens is 4. The molecule has 0 atom stereocenters. The van der Waals surface area contributed by atoms with Gasteiger partial charge in [0.2, 0.25) is 0 Å². The molecule has 1 aromatic carbocycles. The predicted octanol–water partition coefficient (Wildman–Crippen LogP) is 3.73. The lowest BCUT2D eigenvalue weighted by Crippen LogP contribution is -2.39. The van der Waals surface area contributed by atoms with E-state index >= 15 is 0 Å². The molecule has 2 aliphatic rings. The number of nitrogens with one attached hydrogen (secondary N) is 2. The van der Waals surface area contributed by atoms with Crippen LogP contribution in [0, 0.1) is 11.7 Å². The Kier molecular flexibility index (Phi) is 4.65. The number of aromatic amines is 1. The van der Waals surface area contributed by atoms with Crippen LogP contribution in [0.3, 0.4) is 0 Å². The zero-order valence-electron chi connectivity index (χ0n) is 16.4. The Morgan fingerprint density at radius 2 is 2.10 bits per heavy atom. The number of ether oxygens (including phenoxy) is 1. The molecule has 2 fully saturated rings. The van der Waals surface area contributed by atoms with E-state index in [9.17, 15) is 9.18 Å². The summed E-state index contributed by atoms with van der Waals surface area (Å²) in [5.74, 6) is 0.883. The Morgan fingerprint density at radius 1 is 1.27 bits per heavy atom. The fourth-order valence-corrected chi connectivity index (χ4v) is 4.32. The number of anilines is 2. The summed E-state index contributed by atoms with van der Waals surface area (Å²) in [6.07, 6.45) is 8.39. The molecular formula is C21H23FN6O2. The lowest BCUT2D eigenvalue weighted by Gasteiger charge is -2.35. The number of amides is 1. The van der Waals surface area contributed by atoms with Crippen LogP contribution in [0.2, 0.25) is 0 Å². The van der Waals surface area contributed by atoms with E-state index in [-0.39, 0.29) is 11.9 Å². The Bertz CT molecular complexity index is 1030. The number of H-pyrrole nitrogens is 1. The van der Waals surface area contributed by atoms with Crippen molar-refractivity contribution < 1.29 is 13.9 Å². The summed E-state index contributed by atoms with van der Waals surface area (Å²) in [5.41, 5.74) is 0.763. The molecule has 1 amide bonds. The third-order valence-electron chi connectivity index (χ3n) is 6.04. The quantitative estimate of drug-likeness (QED) is 0.669. The monoisotopic (exact) mass is 410 g/mol. The van der Waals surface area contributed by atoms with Crippen molar-refractivity contribution in [2.75, 3.05) is 23.3 Å². The van der Waals surface area contributed by atoms with Crippen LogP contribution in [-0.2, 0) is 4.74 Å². The van der Waals surface area contributed by atoms with Crippen molar-refractivity contribution in [2.45, 2.75) is 31.3 Å². The molecule has 1 aliphatic heterocycles. The first-order valence-corrected chi connectivity index (χ1v) is 10.2. The normalized spacial score (nSPS) is 23.7. The lowest BCUT2D eigenvalue weighted by molar-refractivity contribution is 0.0148. The highest BCUT2D eigenvalue weighted by atomic mass is 19.1. The van der Waals surface area contributed by atoms with E-state index in [2.05, 4.69) is 20.6 Å². The molecule has 9 heteroatoms. The first kappa shape index (κ1) is 18.7. The van der Waals surface area contributed by atoms with E-state index in [4.69, 9.17) is 4.74 Å². The number of nitrogens with zero attached hydrogens (tertiary/aromatic N) is 4. The van der Waals surface area contributed by atoms with E-state index in [1.807, 2.05) is 6.07 Å². The topological polar surface area (TPSA) is 88.1 Å².